The van der Waals surface area contributed by atoms with Gasteiger partial charge in [0.2, 0.25) is 0 Å². The zero-order valence-electron chi connectivity index (χ0n) is 9.39. The average Bonchev–Trinajstić information content (AvgIpc) is 2.15. The molecule has 0 aromatic heterocycles. The van der Waals surface area contributed by atoms with Gasteiger partial charge in [-0.3, -0.25) is 0 Å². The second kappa shape index (κ2) is 5.60. The third-order valence-electron chi connectivity index (χ3n) is 2.28. The third kappa shape index (κ3) is 4.09. The van der Waals surface area contributed by atoms with E-state index in [0.717, 1.165) is 10.5 Å². The number of benzene rings is 1. The molecule has 0 amide bonds. The Balaban J connectivity index is 3.02. The minimum Gasteiger partial charge on any atom is -0.364 e. The molecule has 0 radical (unpaired) electrons. The van der Waals surface area contributed by atoms with Crippen molar-refractivity contribution in [2.45, 2.75) is 12.6 Å². The van der Waals surface area contributed by atoms with E-state index in [-0.39, 0.29) is 0 Å². The van der Waals surface area contributed by atoms with Gasteiger partial charge >= 0.3 is 6.18 Å². The zero-order chi connectivity index (χ0) is 13.1. The number of halogens is 4. The fourth-order valence-corrected chi connectivity index (χ4v) is 2.03. The molecule has 1 aromatic rings. The molecule has 2 N–H and O–H groups in total. The van der Waals surface area contributed by atoms with Gasteiger partial charge in [-0.1, -0.05) is 23.7 Å². The number of hydrogen-bond acceptors (Lipinski definition) is 2. The first-order chi connectivity index (χ1) is 7.85. The molecule has 0 saturated heterocycles. The number of anilines is 1. The fourth-order valence-electron chi connectivity index (χ4n) is 1.69. The second-order valence-corrected chi connectivity index (χ2v) is 4.16. The van der Waals surface area contributed by atoms with Gasteiger partial charge in [0.15, 0.2) is 0 Å². The summed E-state index contributed by atoms with van der Waals surface area (Å²) in [6, 6.07) is 5.02. The summed E-state index contributed by atoms with van der Waals surface area (Å²) in [6.45, 7) is -0.665. The van der Waals surface area contributed by atoms with E-state index in [2.05, 4.69) is 0 Å². The highest BCUT2D eigenvalue weighted by atomic mass is 35.5. The summed E-state index contributed by atoms with van der Waals surface area (Å²) in [4.78, 5) is 1.10. The maximum absolute atomic E-state index is 12.3. The zero-order valence-corrected chi connectivity index (χ0v) is 10.1. The Morgan fingerprint density at radius 3 is 2.53 bits per heavy atom. The van der Waals surface area contributed by atoms with Crippen molar-refractivity contribution in [2.24, 2.45) is 5.73 Å². The van der Waals surface area contributed by atoms with Crippen molar-refractivity contribution in [2.75, 3.05) is 25.0 Å². The molecule has 6 heteroatoms. The number of para-hydroxylation sites is 1. The lowest BCUT2D eigenvalue weighted by Crippen LogP contribution is -2.31. The summed E-state index contributed by atoms with van der Waals surface area (Å²) in [5.41, 5.74) is 6.55. The predicted molar refractivity (Wildman–Crippen MR) is 63.5 cm³/mol. The van der Waals surface area contributed by atoms with Crippen LogP contribution < -0.4 is 10.6 Å². The van der Waals surface area contributed by atoms with Crippen LogP contribution in [0.25, 0.3) is 0 Å². The Morgan fingerprint density at radius 1 is 1.35 bits per heavy atom. The summed E-state index contributed by atoms with van der Waals surface area (Å²) >= 11 is 5.94. The summed E-state index contributed by atoms with van der Waals surface area (Å²) in [5, 5.41) is 0.308. The van der Waals surface area contributed by atoms with Gasteiger partial charge in [-0.25, -0.2) is 0 Å². The monoisotopic (exact) mass is 266 g/mol. The molecule has 0 atom stereocenters. The van der Waals surface area contributed by atoms with E-state index < -0.39 is 12.7 Å². The van der Waals surface area contributed by atoms with Crippen molar-refractivity contribution >= 4 is 17.3 Å². The van der Waals surface area contributed by atoms with Crippen LogP contribution in [0.1, 0.15) is 5.56 Å². The van der Waals surface area contributed by atoms with Crippen LogP contribution in [0.4, 0.5) is 18.9 Å². The topological polar surface area (TPSA) is 29.3 Å². The van der Waals surface area contributed by atoms with Crippen molar-refractivity contribution < 1.29 is 13.2 Å². The Bertz CT molecular complexity index is 379. The van der Waals surface area contributed by atoms with E-state index in [1.807, 2.05) is 0 Å². The number of rotatable bonds is 4. The van der Waals surface area contributed by atoms with Crippen molar-refractivity contribution in [3.63, 3.8) is 0 Å². The molecule has 0 aliphatic heterocycles. The Hall–Kier alpha value is -0.940. The smallest absolute Gasteiger partial charge is 0.364 e. The molecule has 0 aliphatic rings. The van der Waals surface area contributed by atoms with Crippen LogP contribution in [0.5, 0.6) is 0 Å². The van der Waals surface area contributed by atoms with Gasteiger partial charge in [0, 0.05) is 7.05 Å². The minimum atomic E-state index is -4.26. The van der Waals surface area contributed by atoms with E-state index in [0.29, 0.717) is 23.7 Å². The first-order valence-electron chi connectivity index (χ1n) is 5.10. The van der Waals surface area contributed by atoms with Crippen molar-refractivity contribution in [1.82, 2.24) is 0 Å². The normalized spacial score (nSPS) is 11.6. The molecule has 2 nitrogen and oxygen atoms in total. The standard InChI is InChI=1S/C11H14ClF3N2/c1-17(7-11(13,14)15)10-8(5-6-16)3-2-4-9(10)12/h2-4H,5-7,16H2,1H3. The first kappa shape index (κ1) is 14.1. The van der Waals surface area contributed by atoms with E-state index in [1.165, 1.54) is 7.05 Å². The quantitative estimate of drug-likeness (QED) is 0.908. The van der Waals surface area contributed by atoms with Gasteiger partial charge in [-0.2, -0.15) is 13.2 Å². The Labute approximate surface area is 103 Å². The molecule has 17 heavy (non-hydrogen) atoms. The Morgan fingerprint density at radius 2 is 2.00 bits per heavy atom. The summed E-state index contributed by atoms with van der Waals surface area (Å²) in [5.74, 6) is 0. The highest BCUT2D eigenvalue weighted by Gasteiger charge is 2.30. The van der Waals surface area contributed by atoms with Crippen LogP contribution in [0.15, 0.2) is 18.2 Å². The molecule has 96 valence electrons. The van der Waals surface area contributed by atoms with Crippen molar-refractivity contribution in [3.8, 4) is 0 Å². The van der Waals surface area contributed by atoms with Crippen LogP contribution >= 0.6 is 11.6 Å². The Kier molecular flexibility index (Phi) is 4.65. The van der Waals surface area contributed by atoms with Crippen LogP contribution in [-0.4, -0.2) is 26.3 Å². The maximum Gasteiger partial charge on any atom is 0.405 e. The van der Waals surface area contributed by atoms with Gasteiger partial charge in [0.25, 0.3) is 0 Å². The largest absolute Gasteiger partial charge is 0.405 e. The molecule has 1 rings (SSSR count). The lowest BCUT2D eigenvalue weighted by Gasteiger charge is -2.24. The fraction of sp³-hybridized carbons (Fsp3) is 0.455. The number of nitrogens with two attached hydrogens (primary N) is 1. The molecule has 0 spiro atoms. The molecular weight excluding hydrogens is 253 g/mol. The second-order valence-electron chi connectivity index (χ2n) is 3.76. The van der Waals surface area contributed by atoms with Crippen LogP contribution in [-0.2, 0) is 6.42 Å². The molecule has 0 fully saturated rings. The van der Waals surface area contributed by atoms with Gasteiger partial charge in [-0.05, 0) is 24.6 Å². The highest BCUT2D eigenvalue weighted by molar-refractivity contribution is 6.33. The highest BCUT2D eigenvalue weighted by Crippen LogP contribution is 2.31. The summed E-state index contributed by atoms with van der Waals surface area (Å²) in [7, 11) is 1.37. The summed E-state index contributed by atoms with van der Waals surface area (Å²) < 4.78 is 37.0. The lowest BCUT2D eigenvalue weighted by atomic mass is 10.1. The molecule has 0 unspecified atom stereocenters. The minimum absolute atomic E-state index is 0.308. The number of nitrogens with zero attached hydrogens (tertiary/aromatic N) is 1. The van der Waals surface area contributed by atoms with E-state index >= 15 is 0 Å². The third-order valence-corrected chi connectivity index (χ3v) is 2.59. The SMILES string of the molecule is CN(CC(F)(F)F)c1c(Cl)cccc1CCN. The van der Waals surface area contributed by atoms with Crippen molar-refractivity contribution in [3.05, 3.63) is 28.8 Å². The molecule has 1 aromatic carbocycles. The molecule has 0 heterocycles. The molecule has 0 bridgehead atoms. The molecular formula is C11H14ClF3N2. The average molecular weight is 267 g/mol. The van der Waals surface area contributed by atoms with Gasteiger partial charge in [0.1, 0.15) is 6.54 Å². The van der Waals surface area contributed by atoms with Crippen LogP contribution in [0, 0.1) is 0 Å². The lowest BCUT2D eigenvalue weighted by molar-refractivity contribution is -0.119. The van der Waals surface area contributed by atoms with Crippen LogP contribution in [0.2, 0.25) is 5.02 Å². The summed E-state index contributed by atoms with van der Waals surface area (Å²) in [6.07, 6.45) is -3.76. The van der Waals surface area contributed by atoms with E-state index in [4.69, 9.17) is 17.3 Å². The first-order valence-corrected chi connectivity index (χ1v) is 5.48. The van der Waals surface area contributed by atoms with E-state index in [9.17, 15) is 13.2 Å². The van der Waals surface area contributed by atoms with Gasteiger partial charge in [0.05, 0.1) is 10.7 Å². The van der Waals surface area contributed by atoms with Gasteiger partial charge in [-0.15, -0.1) is 0 Å². The van der Waals surface area contributed by atoms with Crippen LogP contribution in [0.3, 0.4) is 0 Å². The van der Waals surface area contributed by atoms with Crippen molar-refractivity contribution in [1.29, 1.82) is 0 Å². The number of hydrogen-bond donors (Lipinski definition) is 1. The molecule has 0 aliphatic carbocycles. The molecule has 0 saturated carbocycles. The maximum atomic E-state index is 12.3. The number of alkyl halides is 3. The predicted octanol–water partition coefficient (Wildman–Crippen LogP) is 2.84. The van der Waals surface area contributed by atoms with Gasteiger partial charge < -0.3 is 10.6 Å². The van der Waals surface area contributed by atoms with E-state index in [1.54, 1.807) is 18.2 Å².